The van der Waals surface area contributed by atoms with Gasteiger partial charge in [-0.1, -0.05) is 23.2 Å². The van der Waals surface area contributed by atoms with Crippen molar-refractivity contribution in [2.75, 3.05) is 32.8 Å². The molecule has 0 bridgehead atoms. The van der Waals surface area contributed by atoms with E-state index in [-0.39, 0.29) is 12.6 Å². The van der Waals surface area contributed by atoms with Crippen LogP contribution in [-0.2, 0) is 30.9 Å². The van der Waals surface area contributed by atoms with E-state index in [1.165, 1.54) is 0 Å². The standard InChI is InChI=1S/C24H25Cl2N5O3/c25-18-3-4-20(26)17(12-18)14-31-22-5-7-30(24(32)29-8-10-33-11-9-29)15-21(22)28-23(31)16-34-19-2-1-6-27-13-19/h1-4,6,12-13H,5,7-11,14-16H2. The van der Waals surface area contributed by atoms with Gasteiger partial charge >= 0.3 is 6.03 Å². The van der Waals surface area contributed by atoms with Crippen molar-refractivity contribution >= 4 is 29.2 Å². The zero-order chi connectivity index (χ0) is 23.5. The van der Waals surface area contributed by atoms with Crippen LogP contribution in [0.2, 0.25) is 10.0 Å². The van der Waals surface area contributed by atoms with E-state index in [4.69, 9.17) is 37.7 Å². The molecule has 178 valence electrons. The average molecular weight is 502 g/mol. The largest absolute Gasteiger partial charge is 0.484 e. The van der Waals surface area contributed by atoms with Gasteiger partial charge in [0.2, 0.25) is 0 Å². The van der Waals surface area contributed by atoms with Crippen molar-refractivity contribution < 1.29 is 14.3 Å². The predicted octanol–water partition coefficient (Wildman–Crippen LogP) is 4.02. The lowest BCUT2D eigenvalue weighted by Gasteiger charge is -2.34. The lowest BCUT2D eigenvalue weighted by Crippen LogP contribution is -2.49. The Hall–Kier alpha value is -2.81. The Bertz CT molecular complexity index is 1160. The molecule has 0 unspecified atom stereocenters. The number of halogens is 2. The summed E-state index contributed by atoms with van der Waals surface area (Å²) < 4.78 is 13.5. The molecule has 0 saturated carbocycles. The molecule has 0 aliphatic carbocycles. The van der Waals surface area contributed by atoms with E-state index in [2.05, 4.69) is 9.55 Å². The SMILES string of the molecule is O=C(N1CCOCC1)N1CCc2c(nc(COc3cccnc3)n2Cc2cc(Cl)ccc2Cl)C1. The molecule has 3 aromatic rings. The van der Waals surface area contributed by atoms with E-state index in [9.17, 15) is 4.79 Å². The number of imidazole rings is 1. The molecule has 2 aromatic heterocycles. The monoisotopic (exact) mass is 501 g/mol. The minimum Gasteiger partial charge on any atom is -0.484 e. The highest BCUT2D eigenvalue weighted by atomic mass is 35.5. The van der Waals surface area contributed by atoms with Gasteiger partial charge < -0.3 is 23.8 Å². The summed E-state index contributed by atoms with van der Waals surface area (Å²) in [7, 11) is 0. The third-order valence-corrected chi connectivity index (χ3v) is 6.69. The Morgan fingerprint density at radius 1 is 1.12 bits per heavy atom. The molecule has 10 heteroatoms. The van der Waals surface area contributed by atoms with E-state index in [1.54, 1.807) is 24.5 Å². The number of benzene rings is 1. The molecule has 4 heterocycles. The van der Waals surface area contributed by atoms with Crippen LogP contribution in [0, 0.1) is 0 Å². The number of nitrogens with zero attached hydrogens (tertiary/aromatic N) is 5. The number of carbonyl (C=O) groups excluding carboxylic acids is 1. The molecule has 1 saturated heterocycles. The lowest BCUT2D eigenvalue weighted by molar-refractivity contribution is 0.0420. The van der Waals surface area contributed by atoms with Gasteiger partial charge in [-0.2, -0.15) is 0 Å². The molecule has 1 aromatic carbocycles. The van der Waals surface area contributed by atoms with Crippen molar-refractivity contribution in [3.8, 4) is 5.75 Å². The smallest absolute Gasteiger partial charge is 0.320 e. The average Bonchev–Trinajstić information content (AvgIpc) is 3.22. The summed E-state index contributed by atoms with van der Waals surface area (Å²) in [4.78, 5) is 25.8. The molecule has 2 amide bonds. The number of amides is 2. The van der Waals surface area contributed by atoms with E-state index in [1.807, 2.05) is 28.0 Å². The van der Waals surface area contributed by atoms with Crippen LogP contribution < -0.4 is 4.74 Å². The molecule has 0 radical (unpaired) electrons. The highest BCUT2D eigenvalue weighted by Gasteiger charge is 2.30. The summed E-state index contributed by atoms with van der Waals surface area (Å²) >= 11 is 12.7. The molecule has 1 fully saturated rings. The van der Waals surface area contributed by atoms with E-state index < -0.39 is 0 Å². The number of fused-ring (bicyclic) bond motifs is 1. The number of rotatable bonds is 5. The number of ether oxygens (including phenoxy) is 2. The van der Waals surface area contributed by atoms with Gasteiger partial charge in [0, 0.05) is 48.0 Å². The normalized spacial score (nSPS) is 15.8. The van der Waals surface area contributed by atoms with Crippen LogP contribution in [0.25, 0.3) is 0 Å². The maximum Gasteiger partial charge on any atom is 0.320 e. The number of hydrogen-bond donors (Lipinski definition) is 0. The Morgan fingerprint density at radius 2 is 1.97 bits per heavy atom. The Labute approximate surface area is 208 Å². The molecule has 0 N–H and O–H groups in total. The summed E-state index contributed by atoms with van der Waals surface area (Å²) in [5.74, 6) is 1.44. The van der Waals surface area contributed by atoms with Gasteiger partial charge in [-0.15, -0.1) is 0 Å². The first-order chi connectivity index (χ1) is 16.6. The highest BCUT2D eigenvalue weighted by Crippen LogP contribution is 2.27. The van der Waals surface area contributed by atoms with Gasteiger partial charge in [-0.25, -0.2) is 9.78 Å². The maximum atomic E-state index is 13.0. The number of urea groups is 1. The molecule has 5 rings (SSSR count). The van der Waals surface area contributed by atoms with Crippen LogP contribution in [0.15, 0.2) is 42.7 Å². The number of aromatic nitrogens is 3. The lowest BCUT2D eigenvalue weighted by atomic mass is 10.1. The van der Waals surface area contributed by atoms with Gasteiger partial charge in [-0.3, -0.25) is 4.98 Å². The molecule has 0 spiro atoms. The minimum atomic E-state index is 0.0366. The third kappa shape index (κ3) is 4.99. The van der Waals surface area contributed by atoms with Crippen LogP contribution in [0.1, 0.15) is 22.8 Å². The van der Waals surface area contributed by atoms with E-state index >= 15 is 0 Å². The zero-order valence-corrected chi connectivity index (χ0v) is 20.1. The summed E-state index contributed by atoms with van der Waals surface area (Å²) in [5.41, 5.74) is 2.88. The predicted molar refractivity (Wildman–Crippen MR) is 128 cm³/mol. The van der Waals surface area contributed by atoms with Crippen molar-refractivity contribution in [1.82, 2.24) is 24.3 Å². The topological polar surface area (TPSA) is 72.7 Å². The molecule has 2 aliphatic rings. The second kappa shape index (κ2) is 10.2. The second-order valence-corrected chi connectivity index (χ2v) is 9.12. The number of hydrogen-bond acceptors (Lipinski definition) is 5. The Balaban J connectivity index is 1.41. The molecular weight excluding hydrogens is 477 g/mol. The number of carbonyl (C=O) groups is 1. The fraction of sp³-hybridized carbons (Fsp3) is 0.375. The fourth-order valence-corrected chi connectivity index (χ4v) is 4.70. The first kappa shape index (κ1) is 23.0. The molecule has 8 nitrogen and oxygen atoms in total. The fourth-order valence-electron chi connectivity index (χ4n) is 4.33. The summed E-state index contributed by atoms with van der Waals surface area (Å²) in [6.45, 7) is 4.27. The zero-order valence-electron chi connectivity index (χ0n) is 18.6. The van der Waals surface area contributed by atoms with Gasteiger partial charge in [0.05, 0.1) is 38.2 Å². The second-order valence-electron chi connectivity index (χ2n) is 8.27. The number of morpholine rings is 1. The van der Waals surface area contributed by atoms with Crippen molar-refractivity contribution in [1.29, 1.82) is 0 Å². The van der Waals surface area contributed by atoms with Crippen LogP contribution in [0.4, 0.5) is 4.79 Å². The van der Waals surface area contributed by atoms with Gasteiger partial charge in [0.25, 0.3) is 0 Å². The van der Waals surface area contributed by atoms with E-state index in [0.29, 0.717) is 68.2 Å². The molecular formula is C24H25Cl2N5O3. The summed E-state index contributed by atoms with van der Waals surface area (Å²) in [6.07, 6.45) is 4.07. The highest BCUT2D eigenvalue weighted by molar-refractivity contribution is 6.33. The molecule has 0 atom stereocenters. The minimum absolute atomic E-state index is 0.0366. The maximum absolute atomic E-state index is 13.0. The van der Waals surface area contributed by atoms with E-state index in [0.717, 1.165) is 22.8 Å². The van der Waals surface area contributed by atoms with Gasteiger partial charge in [-0.05, 0) is 35.9 Å². The van der Waals surface area contributed by atoms with Gasteiger partial charge in [0.1, 0.15) is 18.2 Å². The van der Waals surface area contributed by atoms with Crippen LogP contribution in [-0.4, -0.2) is 63.2 Å². The molecule has 2 aliphatic heterocycles. The summed E-state index contributed by atoms with van der Waals surface area (Å²) in [5, 5.41) is 1.27. The van der Waals surface area contributed by atoms with Crippen molar-refractivity contribution in [2.24, 2.45) is 0 Å². The van der Waals surface area contributed by atoms with Crippen molar-refractivity contribution in [2.45, 2.75) is 26.1 Å². The van der Waals surface area contributed by atoms with Crippen LogP contribution >= 0.6 is 23.2 Å². The first-order valence-electron chi connectivity index (χ1n) is 11.2. The first-order valence-corrected chi connectivity index (χ1v) is 12.0. The van der Waals surface area contributed by atoms with Crippen LogP contribution in [0.3, 0.4) is 0 Å². The third-order valence-electron chi connectivity index (χ3n) is 6.08. The molecule has 34 heavy (non-hydrogen) atoms. The van der Waals surface area contributed by atoms with Crippen molar-refractivity contribution in [3.05, 3.63) is 75.5 Å². The van der Waals surface area contributed by atoms with Crippen LogP contribution in [0.5, 0.6) is 5.75 Å². The Kier molecular flexibility index (Phi) is 6.89. The quantitative estimate of drug-likeness (QED) is 0.527. The summed E-state index contributed by atoms with van der Waals surface area (Å²) in [6, 6.07) is 9.17. The number of pyridine rings is 1. The Morgan fingerprint density at radius 3 is 2.76 bits per heavy atom. The van der Waals surface area contributed by atoms with Crippen molar-refractivity contribution in [3.63, 3.8) is 0 Å². The van der Waals surface area contributed by atoms with Gasteiger partial charge in [0.15, 0.2) is 0 Å².